The van der Waals surface area contributed by atoms with Gasteiger partial charge in [0.25, 0.3) is 5.91 Å². The molecule has 2 aliphatic heterocycles. The molecule has 1 aromatic heterocycles. The molecule has 3 rings (SSSR count). The number of nitrogens with two attached hydrogens (primary N) is 1. The minimum Gasteiger partial charge on any atom is -0.364 e. The number of allylic oxidation sites excluding steroid dienone is 3. The maximum absolute atomic E-state index is 13.1. The fourth-order valence-corrected chi connectivity index (χ4v) is 3.55. The number of amides is 2. The number of hydrogen-bond acceptors (Lipinski definition) is 7. The number of primary amides is 1. The highest BCUT2D eigenvalue weighted by atomic mass is 16.2. The second-order valence-corrected chi connectivity index (χ2v) is 7.50. The van der Waals surface area contributed by atoms with E-state index in [-0.39, 0.29) is 23.6 Å². The predicted molar refractivity (Wildman–Crippen MR) is 117 cm³/mol. The SMILES string of the molecule is C=C(/C=C\C=C(/C)C#N)[C@@H]1CC=NN1C(=O)C1CCN(c2nccc(C(N)=O)n2)CC1. The van der Waals surface area contributed by atoms with Crippen molar-refractivity contribution in [3.05, 3.63) is 53.9 Å². The van der Waals surface area contributed by atoms with Crippen LogP contribution < -0.4 is 10.6 Å². The third-order valence-corrected chi connectivity index (χ3v) is 5.34. The monoisotopic (exact) mass is 419 g/mol. The summed E-state index contributed by atoms with van der Waals surface area (Å²) < 4.78 is 0. The Labute approximate surface area is 181 Å². The third kappa shape index (κ3) is 5.22. The summed E-state index contributed by atoms with van der Waals surface area (Å²) >= 11 is 0. The van der Waals surface area contributed by atoms with Gasteiger partial charge in [-0.05, 0) is 37.5 Å². The molecular weight excluding hydrogens is 394 g/mol. The van der Waals surface area contributed by atoms with Gasteiger partial charge in [-0.25, -0.2) is 15.0 Å². The zero-order valence-electron chi connectivity index (χ0n) is 17.4. The smallest absolute Gasteiger partial charge is 0.267 e. The maximum atomic E-state index is 13.1. The molecule has 2 aliphatic rings. The highest BCUT2D eigenvalue weighted by Gasteiger charge is 2.35. The van der Waals surface area contributed by atoms with Gasteiger partial charge in [0.1, 0.15) is 5.69 Å². The van der Waals surface area contributed by atoms with E-state index in [1.165, 1.54) is 17.3 Å². The quantitative estimate of drug-likeness (QED) is 0.554. The largest absolute Gasteiger partial charge is 0.364 e. The van der Waals surface area contributed by atoms with E-state index in [0.29, 0.717) is 43.9 Å². The topological polar surface area (TPSA) is 129 Å². The number of piperidine rings is 1. The molecule has 2 amide bonds. The minimum absolute atomic E-state index is 0.0245. The Morgan fingerprint density at radius 2 is 2.10 bits per heavy atom. The summed E-state index contributed by atoms with van der Waals surface area (Å²) in [6.45, 7) is 7.00. The first-order valence-electron chi connectivity index (χ1n) is 10.1. The first-order chi connectivity index (χ1) is 14.9. The Bertz CT molecular complexity index is 997. The summed E-state index contributed by atoms with van der Waals surface area (Å²) in [6.07, 6.45) is 10.4. The molecule has 0 saturated carbocycles. The lowest BCUT2D eigenvalue weighted by molar-refractivity contribution is -0.137. The van der Waals surface area contributed by atoms with Crippen molar-refractivity contribution >= 4 is 24.0 Å². The number of carbonyl (C=O) groups excluding carboxylic acids is 2. The van der Waals surface area contributed by atoms with Gasteiger partial charge < -0.3 is 10.6 Å². The number of carbonyl (C=O) groups is 2. The average molecular weight is 419 g/mol. The standard InChI is InChI=1S/C22H25N7O2/c1-15(14-23)4-3-5-16(2)19-7-11-26-29(19)21(31)17-8-12-28(13-9-17)22-25-10-6-18(27-22)20(24)30/h3-6,10-11,17,19H,2,7-9,12-13H2,1H3,(H2,24,30)/b5-3-,15-4+/t19-/m0/s1. The Balaban J connectivity index is 1.60. The van der Waals surface area contributed by atoms with Crippen LogP contribution >= 0.6 is 0 Å². The van der Waals surface area contributed by atoms with E-state index in [1.807, 2.05) is 11.0 Å². The lowest BCUT2D eigenvalue weighted by Crippen LogP contribution is -2.43. The normalized spacial score (nSPS) is 19.6. The molecule has 0 unspecified atom stereocenters. The molecule has 9 nitrogen and oxygen atoms in total. The summed E-state index contributed by atoms with van der Waals surface area (Å²) in [5, 5.41) is 14.6. The summed E-state index contributed by atoms with van der Waals surface area (Å²) in [4.78, 5) is 34.8. The van der Waals surface area contributed by atoms with Gasteiger partial charge in [-0.15, -0.1) is 0 Å². The Kier molecular flexibility index (Phi) is 6.92. The van der Waals surface area contributed by atoms with Crippen molar-refractivity contribution in [2.24, 2.45) is 16.8 Å². The molecule has 160 valence electrons. The van der Waals surface area contributed by atoms with Crippen LogP contribution in [0.2, 0.25) is 0 Å². The van der Waals surface area contributed by atoms with Crippen LogP contribution in [0.4, 0.5) is 5.95 Å². The molecular formula is C22H25N7O2. The van der Waals surface area contributed by atoms with Crippen LogP contribution in [0, 0.1) is 17.2 Å². The summed E-state index contributed by atoms with van der Waals surface area (Å²) in [5.74, 6) is -0.341. The number of nitriles is 1. The number of hydrazone groups is 1. The van der Waals surface area contributed by atoms with E-state index in [0.717, 1.165) is 5.57 Å². The molecule has 0 aliphatic carbocycles. The van der Waals surface area contributed by atoms with E-state index in [4.69, 9.17) is 11.0 Å². The lowest BCUT2D eigenvalue weighted by Gasteiger charge is -2.33. The van der Waals surface area contributed by atoms with Crippen LogP contribution in [0.5, 0.6) is 0 Å². The Hall–Kier alpha value is -3.80. The van der Waals surface area contributed by atoms with E-state index in [9.17, 15) is 9.59 Å². The molecule has 0 spiro atoms. The van der Waals surface area contributed by atoms with Crippen molar-refractivity contribution in [2.45, 2.75) is 32.2 Å². The van der Waals surface area contributed by atoms with Crippen LogP contribution in [-0.2, 0) is 4.79 Å². The van der Waals surface area contributed by atoms with Gasteiger partial charge in [0.05, 0.1) is 12.1 Å². The molecule has 1 saturated heterocycles. The minimum atomic E-state index is -0.598. The third-order valence-electron chi connectivity index (χ3n) is 5.34. The second-order valence-electron chi connectivity index (χ2n) is 7.50. The number of nitrogens with zero attached hydrogens (tertiary/aromatic N) is 6. The summed E-state index contributed by atoms with van der Waals surface area (Å²) in [6, 6.07) is 3.32. The fraction of sp³-hybridized carbons (Fsp3) is 0.364. The van der Waals surface area contributed by atoms with Crippen molar-refractivity contribution in [1.82, 2.24) is 15.0 Å². The van der Waals surface area contributed by atoms with Gasteiger partial charge in [-0.3, -0.25) is 9.59 Å². The number of anilines is 1. The molecule has 1 atom stereocenters. The van der Waals surface area contributed by atoms with Crippen molar-refractivity contribution in [3.8, 4) is 6.07 Å². The van der Waals surface area contributed by atoms with Crippen LogP contribution in [0.25, 0.3) is 0 Å². The molecule has 2 N–H and O–H groups in total. The van der Waals surface area contributed by atoms with Gasteiger partial charge in [-0.1, -0.05) is 18.7 Å². The van der Waals surface area contributed by atoms with E-state index in [1.54, 1.807) is 25.3 Å². The Morgan fingerprint density at radius 1 is 1.35 bits per heavy atom. The van der Waals surface area contributed by atoms with E-state index >= 15 is 0 Å². The molecule has 3 heterocycles. The van der Waals surface area contributed by atoms with Gasteiger partial charge >= 0.3 is 0 Å². The van der Waals surface area contributed by atoms with Crippen molar-refractivity contribution in [3.63, 3.8) is 0 Å². The molecule has 9 heteroatoms. The number of aromatic nitrogens is 2. The van der Waals surface area contributed by atoms with Gasteiger partial charge in [0.15, 0.2) is 0 Å². The fourth-order valence-electron chi connectivity index (χ4n) is 3.55. The molecule has 0 aromatic carbocycles. The second kappa shape index (κ2) is 9.80. The lowest BCUT2D eigenvalue weighted by atomic mass is 9.94. The van der Waals surface area contributed by atoms with Crippen LogP contribution in [0.15, 0.2) is 53.3 Å². The number of hydrogen-bond donors (Lipinski definition) is 1. The summed E-state index contributed by atoms with van der Waals surface area (Å²) in [5.41, 5.74) is 6.82. The van der Waals surface area contributed by atoms with Crippen molar-refractivity contribution in [1.29, 1.82) is 5.26 Å². The van der Waals surface area contributed by atoms with Gasteiger partial charge in [-0.2, -0.15) is 10.4 Å². The molecule has 1 fully saturated rings. The highest BCUT2D eigenvalue weighted by Crippen LogP contribution is 2.27. The van der Waals surface area contributed by atoms with Gasteiger partial charge in [0, 0.05) is 43.4 Å². The van der Waals surface area contributed by atoms with Crippen molar-refractivity contribution in [2.75, 3.05) is 18.0 Å². The predicted octanol–water partition coefficient (Wildman–Crippen LogP) is 1.96. The van der Waals surface area contributed by atoms with Crippen LogP contribution in [0.1, 0.15) is 36.7 Å². The zero-order chi connectivity index (χ0) is 22.4. The van der Waals surface area contributed by atoms with Crippen molar-refractivity contribution < 1.29 is 9.59 Å². The van der Waals surface area contributed by atoms with Crippen LogP contribution in [-0.4, -0.2) is 52.1 Å². The molecule has 0 radical (unpaired) electrons. The van der Waals surface area contributed by atoms with E-state index < -0.39 is 5.91 Å². The highest BCUT2D eigenvalue weighted by molar-refractivity contribution is 5.90. The maximum Gasteiger partial charge on any atom is 0.267 e. The Morgan fingerprint density at radius 3 is 2.77 bits per heavy atom. The summed E-state index contributed by atoms with van der Waals surface area (Å²) in [7, 11) is 0. The first kappa shape index (κ1) is 21.9. The molecule has 0 bridgehead atoms. The van der Waals surface area contributed by atoms with Crippen LogP contribution in [0.3, 0.4) is 0 Å². The first-order valence-corrected chi connectivity index (χ1v) is 10.1. The number of rotatable bonds is 6. The molecule has 1 aromatic rings. The van der Waals surface area contributed by atoms with E-state index in [2.05, 4.69) is 27.7 Å². The zero-order valence-corrected chi connectivity index (χ0v) is 17.4. The molecule has 31 heavy (non-hydrogen) atoms. The van der Waals surface area contributed by atoms with Gasteiger partial charge in [0.2, 0.25) is 11.9 Å². The average Bonchev–Trinajstić information content (AvgIpc) is 3.28.